The van der Waals surface area contributed by atoms with E-state index < -0.39 is 5.97 Å². The van der Waals surface area contributed by atoms with Crippen molar-refractivity contribution in [2.45, 2.75) is 64.1 Å². The highest BCUT2D eigenvalue weighted by Gasteiger charge is 2.35. The van der Waals surface area contributed by atoms with E-state index in [1.165, 1.54) is 25.8 Å². The van der Waals surface area contributed by atoms with Gasteiger partial charge in [-0.3, -0.25) is 9.69 Å². The minimum absolute atomic E-state index is 0.233. The monoisotopic (exact) mass is 254 g/mol. The predicted octanol–water partition coefficient (Wildman–Crippen LogP) is 1.80. The van der Waals surface area contributed by atoms with Crippen LogP contribution in [0.2, 0.25) is 0 Å². The van der Waals surface area contributed by atoms with E-state index in [1.54, 1.807) is 0 Å². The SMILES string of the molecule is CC(C)N1CCCC(N(CC(=O)O)C2CC2)CC1. The van der Waals surface area contributed by atoms with Gasteiger partial charge in [0.25, 0.3) is 0 Å². The second kappa shape index (κ2) is 6.02. The summed E-state index contributed by atoms with van der Waals surface area (Å²) in [4.78, 5) is 15.8. The lowest BCUT2D eigenvalue weighted by atomic mass is 10.1. The molecule has 0 aromatic carbocycles. The third-order valence-corrected chi connectivity index (χ3v) is 4.27. The Kier molecular flexibility index (Phi) is 4.62. The average Bonchev–Trinajstić information content (AvgIpc) is 3.12. The van der Waals surface area contributed by atoms with Crippen LogP contribution in [0.15, 0.2) is 0 Å². The lowest BCUT2D eigenvalue weighted by Gasteiger charge is -2.30. The van der Waals surface area contributed by atoms with Crippen molar-refractivity contribution < 1.29 is 9.90 Å². The molecule has 1 heterocycles. The fourth-order valence-electron chi connectivity index (χ4n) is 3.07. The molecule has 2 fully saturated rings. The largest absolute Gasteiger partial charge is 0.480 e. The first kappa shape index (κ1) is 13.8. The number of carbonyl (C=O) groups is 1. The molecular formula is C14H26N2O2. The van der Waals surface area contributed by atoms with E-state index in [-0.39, 0.29) is 6.54 Å². The highest BCUT2D eigenvalue weighted by molar-refractivity contribution is 5.69. The average molecular weight is 254 g/mol. The minimum atomic E-state index is -0.674. The van der Waals surface area contributed by atoms with Gasteiger partial charge in [-0.05, 0) is 59.0 Å². The Balaban J connectivity index is 1.92. The molecule has 0 bridgehead atoms. The van der Waals surface area contributed by atoms with Crippen molar-refractivity contribution in [3.05, 3.63) is 0 Å². The van der Waals surface area contributed by atoms with Gasteiger partial charge in [0, 0.05) is 18.1 Å². The molecule has 1 saturated heterocycles. The van der Waals surface area contributed by atoms with Gasteiger partial charge in [-0.1, -0.05) is 0 Å². The smallest absolute Gasteiger partial charge is 0.317 e. The van der Waals surface area contributed by atoms with E-state index in [4.69, 9.17) is 5.11 Å². The van der Waals surface area contributed by atoms with Crippen LogP contribution in [0, 0.1) is 0 Å². The quantitative estimate of drug-likeness (QED) is 0.812. The van der Waals surface area contributed by atoms with Crippen molar-refractivity contribution in [3.63, 3.8) is 0 Å². The summed E-state index contributed by atoms with van der Waals surface area (Å²) in [7, 11) is 0. The van der Waals surface area contributed by atoms with Crippen LogP contribution in [0.1, 0.15) is 46.0 Å². The third kappa shape index (κ3) is 3.69. The predicted molar refractivity (Wildman–Crippen MR) is 71.7 cm³/mol. The second-order valence-electron chi connectivity index (χ2n) is 6.01. The summed E-state index contributed by atoms with van der Waals surface area (Å²) in [6, 6.07) is 1.65. The van der Waals surface area contributed by atoms with Crippen LogP contribution >= 0.6 is 0 Å². The van der Waals surface area contributed by atoms with Gasteiger partial charge in [-0.2, -0.15) is 0 Å². The molecule has 104 valence electrons. The van der Waals surface area contributed by atoms with Gasteiger partial charge in [0.05, 0.1) is 6.54 Å². The maximum Gasteiger partial charge on any atom is 0.317 e. The standard InChI is InChI=1S/C14H26N2O2/c1-11(2)15-8-3-4-12(7-9-15)16(10-14(17)18)13-5-6-13/h11-13H,3-10H2,1-2H3,(H,17,18). The molecule has 1 N–H and O–H groups in total. The molecule has 1 aliphatic carbocycles. The lowest BCUT2D eigenvalue weighted by Crippen LogP contribution is -2.41. The number of hydrogen-bond acceptors (Lipinski definition) is 3. The van der Waals surface area contributed by atoms with E-state index in [1.807, 2.05) is 0 Å². The van der Waals surface area contributed by atoms with Crippen LogP contribution in [-0.2, 0) is 4.79 Å². The first-order valence-corrected chi connectivity index (χ1v) is 7.29. The Morgan fingerprint density at radius 1 is 1.22 bits per heavy atom. The van der Waals surface area contributed by atoms with Crippen LogP contribution in [-0.4, -0.2) is 58.6 Å². The highest BCUT2D eigenvalue weighted by atomic mass is 16.4. The molecule has 0 amide bonds. The van der Waals surface area contributed by atoms with Crippen LogP contribution in [0.3, 0.4) is 0 Å². The number of nitrogens with zero attached hydrogens (tertiary/aromatic N) is 2. The van der Waals surface area contributed by atoms with Crippen molar-refractivity contribution in [1.29, 1.82) is 0 Å². The molecule has 4 heteroatoms. The summed E-state index contributed by atoms with van der Waals surface area (Å²) >= 11 is 0. The molecule has 0 radical (unpaired) electrons. The Labute approximate surface area is 110 Å². The molecule has 18 heavy (non-hydrogen) atoms. The van der Waals surface area contributed by atoms with Gasteiger partial charge in [0.15, 0.2) is 0 Å². The Morgan fingerprint density at radius 2 is 1.89 bits per heavy atom. The zero-order chi connectivity index (χ0) is 13.1. The molecule has 2 rings (SSSR count). The van der Waals surface area contributed by atoms with Crippen molar-refractivity contribution in [3.8, 4) is 0 Å². The summed E-state index contributed by atoms with van der Waals surface area (Å²) in [6.45, 7) is 7.01. The van der Waals surface area contributed by atoms with Crippen LogP contribution in [0.25, 0.3) is 0 Å². The third-order valence-electron chi connectivity index (χ3n) is 4.27. The normalized spacial score (nSPS) is 26.6. The molecule has 4 nitrogen and oxygen atoms in total. The van der Waals surface area contributed by atoms with E-state index in [0.29, 0.717) is 18.1 Å². The van der Waals surface area contributed by atoms with Crippen LogP contribution < -0.4 is 0 Å². The zero-order valence-corrected chi connectivity index (χ0v) is 11.6. The van der Waals surface area contributed by atoms with E-state index >= 15 is 0 Å². The van der Waals surface area contributed by atoms with Crippen molar-refractivity contribution in [1.82, 2.24) is 9.80 Å². The van der Waals surface area contributed by atoms with Gasteiger partial charge in [0.1, 0.15) is 0 Å². The summed E-state index contributed by atoms with van der Waals surface area (Å²) < 4.78 is 0. The molecule has 1 aliphatic heterocycles. The van der Waals surface area contributed by atoms with Gasteiger partial charge < -0.3 is 10.0 Å². The van der Waals surface area contributed by atoms with Crippen LogP contribution in [0.5, 0.6) is 0 Å². The minimum Gasteiger partial charge on any atom is -0.480 e. The summed E-state index contributed by atoms with van der Waals surface area (Å²) in [5, 5.41) is 9.05. The molecular weight excluding hydrogens is 228 g/mol. The Morgan fingerprint density at radius 3 is 2.44 bits per heavy atom. The van der Waals surface area contributed by atoms with Crippen molar-refractivity contribution in [2.75, 3.05) is 19.6 Å². The number of rotatable bonds is 5. The second-order valence-corrected chi connectivity index (χ2v) is 6.01. The molecule has 1 saturated carbocycles. The lowest BCUT2D eigenvalue weighted by molar-refractivity contribution is -0.139. The van der Waals surface area contributed by atoms with E-state index in [2.05, 4.69) is 23.6 Å². The number of aliphatic carboxylic acids is 1. The van der Waals surface area contributed by atoms with Gasteiger partial charge >= 0.3 is 5.97 Å². The first-order chi connectivity index (χ1) is 8.58. The fourth-order valence-corrected chi connectivity index (χ4v) is 3.07. The molecule has 2 aliphatic rings. The summed E-state index contributed by atoms with van der Waals surface area (Å²) in [6.07, 6.45) is 5.87. The number of hydrogen-bond donors (Lipinski definition) is 1. The van der Waals surface area contributed by atoms with Gasteiger partial charge in [-0.15, -0.1) is 0 Å². The highest BCUT2D eigenvalue weighted by Crippen LogP contribution is 2.31. The summed E-state index contributed by atoms with van der Waals surface area (Å²) in [5.74, 6) is -0.674. The molecule has 0 aromatic rings. The van der Waals surface area contributed by atoms with E-state index in [9.17, 15) is 4.79 Å². The van der Waals surface area contributed by atoms with Crippen molar-refractivity contribution in [2.24, 2.45) is 0 Å². The van der Waals surface area contributed by atoms with Gasteiger partial charge in [-0.25, -0.2) is 0 Å². The summed E-state index contributed by atoms with van der Waals surface area (Å²) in [5.41, 5.74) is 0. The molecule has 1 atom stereocenters. The maximum atomic E-state index is 11.0. The zero-order valence-electron chi connectivity index (χ0n) is 11.6. The molecule has 0 spiro atoms. The first-order valence-electron chi connectivity index (χ1n) is 7.29. The number of likely N-dealkylation sites (tertiary alicyclic amines) is 1. The van der Waals surface area contributed by atoms with E-state index in [0.717, 1.165) is 19.4 Å². The number of carboxylic acid groups (broad SMARTS) is 1. The van der Waals surface area contributed by atoms with Crippen LogP contribution in [0.4, 0.5) is 0 Å². The van der Waals surface area contributed by atoms with Crippen molar-refractivity contribution >= 4 is 5.97 Å². The van der Waals surface area contributed by atoms with Gasteiger partial charge in [0.2, 0.25) is 0 Å². The fraction of sp³-hybridized carbons (Fsp3) is 0.929. The Hall–Kier alpha value is -0.610. The molecule has 0 aromatic heterocycles. The Bertz CT molecular complexity index is 290. The topological polar surface area (TPSA) is 43.8 Å². The maximum absolute atomic E-state index is 11.0. The molecule has 1 unspecified atom stereocenters. The number of carboxylic acids is 1.